The summed E-state index contributed by atoms with van der Waals surface area (Å²) in [5, 5.41) is 22.3. The Labute approximate surface area is 206 Å². The van der Waals surface area contributed by atoms with E-state index in [0.29, 0.717) is 5.56 Å². The second-order valence-electron chi connectivity index (χ2n) is 10.1. The highest BCUT2D eigenvalue weighted by atomic mass is 16.3. The maximum absolute atomic E-state index is 14.0. The summed E-state index contributed by atoms with van der Waals surface area (Å²) in [6.45, 7) is 0. The first-order valence-electron chi connectivity index (χ1n) is 11.7. The molecule has 0 spiro atoms. The number of carbonyl (C=O) groups is 5. The van der Waals surface area contributed by atoms with Gasteiger partial charge in [0.2, 0.25) is 5.91 Å². The van der Waals surface area contributed by atoms with Crippen LogP contribution in [0.1, 0.15) is 33.8 Å². The molecule has 9 heteroatoms. The van der Waals surface area contributed by atoms with Gasteiger partial charge in [-0.15, -0.1) is 0 Å². The molecule has 0 bridgehead atoms. The lowest BCUT2D eigenvalue weighted by atomic mass is 9.50. The standard InChI is InChI=1S/C27H26N2O7/c1-29(2)21-15-11-14-17(12-7-4-3-5-8-12)13-9-6-10-16(30)18(13)22(31)19(14)24(33)27(15,36)25(34)20(23(21)32)26(28)35/h3-10,14-15,17,19-21,30,36H,11H2,1-2H3,(H2,28,35)/t14-,15+,17-,19?,20?,21+,27+/m1/s1. The number of aromatic hydroxyl groups is 1. The number of likely N-dealkylation sites (N-methyl/N-ethyl adjacent to an activating group) is 1. The number of carbonyl (C=O) groups excluding carboxylic acids is 5. The number of ketones is 4. The predicted molar refractivity (Wildman–Crippen MR) is 126 cm³/mol. The van der Waals surface area contributed by atoms with Crippen molar-refractivity contribution in [3.8, 4) is 5.75 Å². The van der Waals surface area contributed by atoms with Crippen LogP contribution in [0.5, 0.6) is 5.75 Å². The summed E-state index contributed by atoms with van der Waals surface area (Å²) in [6.07, 6.45) is -0.0148. The van der Waals surface area contributed by atoms with Crippen LogP contribution in [0.2, 0.25) is 0 Å². The number of Topliss-reactive ketones (excluding diaryl/α,β-unsaturated/α-hetero) is 4. The normalized spacial score (nSPS) is 33.7. The summed E-state index contributed by atoms with van der Waals surface area (Å²) >= 11 is 0. The van der Waals surface area contributed by atoms with Gasteiger partial charge in [-0.3, -0.25) is 28.9 Å². The lowest BCUT2D eigenvalue weighted by Crippen LogP contribution is -2.74. The molecule has 36 heavy (non-hydrogen) atoms. The molecule has 4 N–H and O–H groups in total. The maximum Gasteiger partial charge on any atom is 0.235 e. The number of amides is 1. The highest BCUT2D eigenvalue weighted by molar-refractivity contribution is 6.32. The van der Waals surface area contributed by atoms with Crippen LogP contribution in [-0.2, 0) is 19.2 Å². The van der Waals surface area contributed by atoms with Gasteiger partial charge in [0, 0.05) is 11.8 Å². The molecule has 1 amide bonds. The number of fused-ring (bicyclic) bond motifs is 3. The SMILES string of the molecule is CN(C)[C@@H]1C(=O)C(C(N)=O)C(=O)[C@@]2(O)C(=O)C3C(=O)c4c(O)cccc4[C@@H](c4ccccc4)[C@H]3C[C@@H]12. The van der Waals surface area contributed by atoms with Crippen molar-refractivity contribution in [3.05, 3.63) is 65.2 Å². The fourth-order valence-electron chi connectivity index (χ4n) is 6.68. The number of nitrogens with two attached hydrogens (primary N) is 1. The summed E-state index contributed by atoms with van der Waals surface area (Å²) in [6, 6.07) is 12.7. The Morgan fingerprint density at radius 1 is 0.972 bits per heavy atom. The van der Waals surface area contributed by atoms with E-state index in [4.69, 9.17) is 5.73 Å². The molecular weight excluding hydrogens is 464 g/mol. The number of benzene rings is 2. The van der Waals surface area contributed by atoms with Crippen LogP contribution in [0.3, 0.4) is 0 Å². The van der Waals surface area contributed by atoms with Gasteiger partial charge >= 0.3 is 0 Å². The third-order valence-electron chi connectivity index (χ3n) is 8.11. The lowest BCUT2D eigenvalue weighted by molar-refractivity contribution is -0.181. The van der Waals surface area contributed by atoms with E-state index in [2.05, 4.69) is 0 Å². The molecule has 0 aliphatic heterocycles. The molecule has 5 rings (SSSR count). The fourth-order valence-corrected chi connectivity index (χ4v) is 6.68. The van der Waals surface area contributed by atoms with Crippen LogP contribution >= 0.6 is 0 Å². The number of phenols is 1. The molecule has 2 saturated carbocycles. The third-order valence-corrected chi connectivity index (χ3v) is 8.11. The van der Waals surface area contributed by atoms with Crippen molar-refractivity contribution < 1.29 is 34.2 Å². The van der Waals surface area contributed by atoms with E-state index < -0.39 is 70.3 Å². The molecular formula is C27H26N2O7. The number of hydrogen-bond acceptors (Lipinski definition) is 8. The molecule has 186 valence electrons. The summed E-state index contributed by atoms with van der Waals surface area (Å²) < 4.78 is 0. The van der Waals surface area contributed by atoms with Gasteiger partial charge in [0.1, 0.15) is 5.75 Å². The number of primary amides is 1. The van der Waals surface area contributed by atoms with Crippen LogP contribution in [0.4, 0.5) is 0 Å². The zero-order chi connectivity index (χ0) is 26.1. The highest BCUT2D eigenvalue weighted by Gasteiger charge is 2.70. The zero-order valence-corrected chi connectivity index (χ0v) is 19.8. The van der Waals surface area contributed by atoms with Gasteiger partial charge in [0.25, 0.3) is 0 Å². The fraction of sp³-hybridized carbons (Fsp3) is 0.370. The molecule has 0 heterocycles. The first kappa shape index (κ1) is 24.0. The van der Waals surface area contributed by atoms with E-state index in [9.17, 15) is 34.2 Å². The van der Waals surface area contributed by atoms with Gasteiger partial charge in [-0.05, 0) is 43.6 Å². The van der Waals surface area contributed by atoms with Crippen molar-refractivity contribution in [3.63, 3.8) is 0 Å². The Hall–Kier alpha value is -3.69. The van der Waals surface area contributed by atoms with Gasteiger partial charge in [0.15, 0.2) is 34.7 Å². The van der Waals surface area contributed by atoms with Crippen molar-refractivity contribution in [2.75, 3.05) is 14.1 Å². The molecule has 7 atom stereocenters. The van der Waals surface area contributed by atoms with Crippen molar-refractivity contribution in [1.29, 1.82) is 0 Å². The quantitative estimate of drug-likeness (QED) is 0.524. The monoisotopic (exact) mass is 490 g/mol. The lowest BCUT2D eigenvalue weighted by Gasteiger charge is -2.54. The van der Waals surface area contributed by atoms with Gasteiger partial charge in [-0.25, -0.2) is 0 Å². The van der Waals surface area contributed by atoms with Crippen LogP contribution in [0.15, 0.2) is 48.5 Å². The largest absolute Gasteiger partial charge is 0.507 e. The van der Waals surface area contributed by atoms with Crippen molar-refractivity contribution in [1.82, 2.24) is 4.90 Å². The molecule has 0 aromatic heterocycles. The second-order valence-corrected chi connectivity index (χ2v) is 10.1. The highest BCUT2D eigenvalue weighted by Crippen LogP contribution is 2.55. The Balaban J connectivity index is 1.75. The molecule has 2 aromatic carbocycles. The number of phenolic OH excluding ortho intramolecular Hbond substituents is 1. The maximum atomic E-state index is 14.0. The van der Waals surface area contributed by atoms with Crippen molar-refractivity contribution in [2.45, 2.75) is 24.0 Å². The predicted octanol–water partition coefficient (Wildman–Crippen LogP) is 0.456. The molecule has 3 aliphatic rings. The Kier molecular flexibility index (Phi) is 5.46. The van der Waals surface area contributed by atoms with Gasteiger partial charge in [0.05, 0.1) is 17.5 Å². The van der Waals surface area contributed by atoms with Crippen molar-refractivity contribution in [2.24, 2.45) is 29.4 Å². The van der Waals surface area contributed by atoms with Gasteiger partial charge < -0.3 is 15.9 Å². The molecule has 2 fully saturated rings. The summed E-state index contributed by atoms with van der Waals surface area (Å²) in [7, 11) is 3.11. The van der Waals surface area contributed by atoms with E-state index >= 15 is 0 Å². The van der Waals surface area contributed by atoms with Crippen molar-refractivity contribution >= 4 is 29.0 Å². The summed E-state index contributed by atoms with van der Waals surface area (Å²) in [4.78, 5) is 67.9. The summed E-state index contributed by atoms with van der Waals surface area (Å²) in [5.74, 6) is -11.2. The number of hydrogen-bond donors (Lipinski definition) is 3. The molecule has 9 nitrogen and oxygen atoms in total. The Morgan fingerprint density at radius 2 is 1.64 bits per heavy atom. The zero-order valence-electron chi connectivity index (χ0n) is 19.8. The Morgan fingerprint density at radius 3 is 2.25 bits per heavy atom. The molecule has 2 aromatic rings. The number of aliphatic hydroxyl groups is 1. The number of nitrogens with zero attached hydrogens (tertiary/aromatic N) is 1. The van der Waals surface area contributed by atoms with Gasteiger partial charge in [-0.2, -0.15) is 0 Å². The second kappa shape index (κ2) is 8.18. The third kappa shape index (κ3) is 3.06. The van der Waals surface area contributed by atoms with Crippen LogP contribution in [0.25, 0.3) is 0 Å². The minimum atomic E-state index is -2.75. The smallest absolute Gasteiger partial charge is 0.235 e. The Bertz CT molecular complexity index is 1320. The first-order valence-corrected chi connectivity index (χ1v) is 11.7. The average Bonchev–Trinajstić information content (AvgIpc) is 2.81. The molecule has 2 unspecified atom stereocenters. The molecule has 3 aliphatic carbocycles. The summed E-state index contributed by atoms with van der Waals surface area (Å²) in [5.41, 5.74) is 3.90. The van der Waals surface area contributed by atoms with Crippen LogP contribution in [-0.4, -0.2) is 69.9 Å². The number of rotatable bonds is 3. The van der Waals surface area contributed by atoms with Crippen LogP contribution in [0, 0.1) is 23.7 Å². The van der Waals surface area contributed by atoms with E-state index in [1.807, 2.05) is 30.3 Å². The molecule has 0 saturated heterocycles. The van der Waals surface area contributed by atoms with Gasteiger partial charge in [-0.1, -0.05) is 42.5 Å². The minimum Gasteiger partial charge on any atom is -0.507 e. The van der Waals surface area contributed by atoms with E-state index in [1.54, 1.807) is 26.2 Å². The van der Waals surface area contributed by atoms with E-state index in [1.165, 1.54) is 11.0 Å². The van der Waals surface area contributed by atoms with Crippen LogP contribution < -0.4 is 5.73 Å². The van der Waals surface area contributed by atoms with E-state index in [-0.39, 0.29) is 17.7 Å². The first-order chi connectivity index (χ1) is 17.0. The minimum absolute atomic E-state index is 0.0148. The average molecular weight is 491 g/mol. The molecule has 0 radical (unpaired) electrons. The topological polar surface area (TPSA) is 155 Å². The van der Waals surface area contributed by atoms with E-state index in [0.717, 1.165) is 5.56 Å².